The molecular formula is C21H20N2O3S2. The van der Waals surface area contributed by atoms with Gasteiger partial charge in [0.1, 0.15) is 24.7 Å². The second-order valence-electron chi connectivity index (χ2n) is 5.75. The van der Waals surface area contributed by atoms with Crippen molar-refractivity contribution in [1.82, 2.24) is 10.6 Å². The van der Waals surface area contributed by atoms with Crippen molar-refractivity contribution in [3.63, 3.8) is 0 Å². The molecule has 0 radical (unpaired) electrons. The number of carbonyl (C=O) groups is 1. The van der Waals surface area contributed by atoms with E-state index < -0.39 is 0 Å². The number of ether oxygens (including phenoxy) is 2. The first-order chi connectivity index (χ1) is 13.7. The van der Waals surface area contributed by atoms with Gasteiger partial charge in [-0.15, -0.1) is 11.3 Å². The molecule has 0 aliphatic rings. The molecule has 0 aliphatic carbocycles. The topological polar surface area (TPSA) is 59.6 Å². The predicted octanol–water partition coefficient (Wildman–Crippen LogP) is 4.01. The highest BCUT2D eigenvalue weighted by molar-refractivity contribution is 7.80. The molecule has 5 nitrogen and oxygen atoms in total. The second kappa shape index (κ2) is 10.4. The number of rotatable bonds is 8. The van der Waals surface area contributed by atoms with Crippen molar-refractivity contribution < 1.29 is 14.3 Å². The van der Waals surface area contributed by atoms with Crippen LogP contribution in [-0.2, 0) is 6.54 Å². The van der Waals surface area contributed by atoms with Gasteiger partial charge in [0.2, 0.25) is 0 Å². The Bertz CT molecular complexity index is 899. The van der Waals surface area contributed by atoms with Crippen molar-refractivity contribution >= 4 is 34.6 Å². The van der Waals surface area contributed by atoms with Gasteiger partial charge in [0.05, 0.1) is 6.54 Å². The van der Waals surface area contributed by atoms with Crippen LogP contribution in [-0.4, -0.2) is 24.2 Å². The summed E-state index contributed by atoms with van der Waals surface area (Å²) in [5, 5.41) is 7.99. The van der Waals surface area contributed by atoms with Crippen LogP contribution < -0.4 is 20.1 Å². The third-order valence-electron chi connectivity index (χ3n) is 3.69. The number of thiophene rings is 1. The maximum Gasteiger partial charge on any atom is 0.257 e. The molecule has 0 spiro atoms. The number of amides is 1. The van der Waals surface area contributed by atoms with Gasteiger partial charge in [-0.2, -0.15) is 0 Å². The maximum atomic E-state index is 12.4. The zero-order chi connectivity index (χ0) is 19.6. The first-order valence-electron chi connectivity index (χ1n) is 8.73. The minimum Gasteiger partial charge on any atom is -0.490 e. The highest BCUT2D eigenvalue weighted by atomic mass is 32.1. The number of benzene rings is 2. The van der Waals surface area contributed by atoms with E-state index >= 15 is 0 Å². The quantitative estimate of drug-likeness (QED) is 0.432. The van der Waals surface area contributed by atoms with Crippen LogP contribution in [0, 0.1) is 0 Å². The molecule has 2 aromatic carbocycles. The summed E-state index contributed by atoms with van der Waals surface area (Å²) in [7, 11) is 0. The smallest absolute Gasteiger partial charge is 0.257 e. The summed E-state index contributed by atoms with van der Waals surface area (Å²) in [6.45, 7) is 1.37. The average Bonchev–Trinajstić information content (AvgIpc) is 3.24. The Hall–Kier alpha value is -2.90. The molecule has 0 bridgehead atoms. The molecule has 0 fully saturated rings. The zero-order valence-electron chi connectivity index (χ0n) is 15.1. The van der Waals surface area contributed by atoms with E-state index in [-0.39, 0.29) is 5.91 Å². The summed E-state index contributed by atoms with van der Waals surface area (Å²) in [6.07, 6.45) is 0. The Balaban J connectivity index is 1.43. The summed E-state index contributed by atoms with van der Waals surface area (Å²) in [6, 6.07) is 20.5. The van der Waals surface area contributed by atoms with Crippen molar-refractivity contribution in [3.05, 3.63) is 82.6 Å². The number of para-hydroxylation sites is 1. The van der Waals surface area contributed by atoms with Gasteiger partial charge >= 0.3 is 0 Å². The van der Waals surface area contributed by atoms with Gasteiger partial charge in [-0.05, 0) is 54.0 Å². The van der Waals surface area contributed by atoms with Gasteiger partial charge in [-0.25, -0.2) is 0 Å². The standard InChI is InChI=1S/C21H20N2O3S2/c24-20(23-21(27)22-15-19-10-5-13-28-19)16-6-4-9-18(14-16)26-12-11-25-17-7-2-1-3-8-17/h1-10,13-14H,11-12,15H2,(H2,22,23,24,27). The molecule has 2 N–H and O–H groups in total. The van der Waals surface area contributed by atoms with E-state index in [1.165, 1.54) is 0 Å². The number of hydrogen-bond acceptors (Lipinski definition) is 5. The zero-order valence-corrected chi connectivity index (χ0v) is 16.7. The van der Waals surface area contributed by atoms with Crippen molar-refractivity contribution in [3.8, 4) is 11.5 Å². The lowest BCUT2D eigenvalue weighted by Crippen LogP contribution is -2.38. The van der Waals surface area contributed by atoms with Crippen LogP contribution >= 0.6 is 23.6 Å². The molecular weight excluding hydrogens is 392 g/mol. The lowest BCUT2D eigenvalue weighted by atomic mass is 10.2. The van der Waals surface area contributed by atoms with Crippen LogP contribution in [0.4, 0.5) is 0 Å². The predicted molar refractivity (Wildman–Crippen MR) is 115 cm³/mol. The van der Waals surface area contributed by atoms with Crippen molar-refractivity contribution in [2.24, 2.45) is 0 Å². The molecule has 1 heterocycles. The maximum absolute atomic E-state index is 12.4. The third kappa shape index (κ3) is 6.37. The van der Waals surface area contributed by atoms with Gasteiger partial charge in [0.25, 0.3) is 5.91 Å². The summed E-state index contributed by atoms with van der Waals surface area (Å²) in [5.41, 5.74) is 0.474. The summed E-state index contributed by atoms with van der Waals surface area (Å²) in [5.74, 6) is 1.11. The van der Waals surface area contributed by atoms with Gasteiger partial charge in [0.15, 0.2) is 5.11 Å². The Morgan fingerprint density at radius 3 is 2.43 bits per heavy atom. The van der Waals surface area contributed by atoms with E-state index in [4.69, 9.17) is 21.7 Å². The van der Waals surface area contributed by atoms with Crippen LogP contribution in [0.2, 0.25) is 0 Å². The van der Waals surface area contributed by atoms with Crippen LogP contribution in [0.25, 0.3) is 0 Å². The molecule has 0 unspecified atom stereocenters. The summed E-state index contributed by atoms with van der Waals surface area (Å²) >= 11 is 6.81. The van der Waals surface area contributed by atoms with Crippen LogP contribution in [0.3, 0.4) is 0 Å². The molecule has 3 rings (SSSR count). The number of carbonyl (C=O) groups excluding carboxylic acids is 1. The monoisotopic (exact) mass is 412 g/mol. The van der Waals surface area contributed by atoms with E-state index in [0.717, 1.165) is 10.6 Å². The summed E-state index contributed by atoms with van der Waals surface area (Å²) in [4.78, 5) is 13.5. The van der Waals surface area contributed by atoms with E-state index in [1.807, 2.05) is 47.8 Å². The highest BCUT2D eigenvalue weighted by Crippen LogP contribution is 2.14. The molecule has 0 atom stereocenters. The number of thiocarbonyl (C=S) groups is 1. The Morgan fingerprint density at radius 1 is 0.929 bits per heavy atom. The molecule has 144 valence electrons. The molecule has 28 heavy (non-hydrogen) atoms. The van der Waals surface area contributed by atoms with Gasteiger partial charge in [-0.3, -0.25) is 10.1 Å². The Morgan fingerprint density at radius 2 is 1.68 bits per heavy atom. The van der Waals surface area contributed by atoms with Crippen molar-refractivity contribution in [1.29, 1.82) is 0 Å². The minimum absolute atomic E-state index is 0.283. The highest BCUT2D eigenvalue weighted by Gasteiger charge is 2.09. The normalized spacial score (nSPS) is 10.1. The number of nitrogens with one attached hydrogen (secondary N) is 2. The van der Waals surface area contributed by atoms with Gasteiger partial charge in [-0.1, -0.05) is 30.3 Å². The van der Waals surface area contributed by atoms with Gasteiger partial charge in [0, 0.05) is 10.4 Å². The lowest BCUT2D eigenvalue weighted by molar-refractivity contribution is 0.0976. The SMILES string of the molecule is O=C(NC(=S)NCc1cccs1)c1cccc(OCCOc2ccccc2)c1. The van der Waals surface area contributed by atoms with E-state index in [9.17, 15) is 4.79 Å². The number of hydrogen-bond donors (Lipinski definition) is 2. The third-order valence-corrected chi connectivity index (χ3v) is 4.81. The molecule has 3 aromatic rings. The Labute approximate surface area is 173 Å². The summed E-state index contributed by atoms with van der Waals surface area (Å²) < 4.78 is 11.3. The van der Waals surface area contributed by atoms with Crippen LogP contribution in [0.15, 0.2) is 72.1 Å². The van der Waals surface area contributed by atoms with Crippen molar-refractivity contribution in [2.75, 3.05) is 13.2 Å². The molecule has 1 amide bonds. The largest absolute Gasteiger partial charge is 0.490 e. The minimum atomic E-state index is -0.283. The molecule has 1 aromatic heterocycles. The fourth-order valence-corrected chi connectivity index (χ4v) is 3.17. The molecule has 7 heteroatoms. The van der Waals surface area contributed by atoms with E-state index in [1.54, 1.807) is 35.6 Å². The van der Waals surface area contributed by atoms with Gasteiger partial charge < -0.3 is 14.8 Å². The first kappa shape index (κ1) is 19.9. The fraction of sp³-hybridized carbons (Fsp3) is 0.143. The molecule has 0 saturated heterocycles. The fourth-order valence-electron chi connectivity index (χ4n) is 2.36. The first-order valence-corrected chi connectivity index (χ1v) is 10.0. The second-order valence-corrected chi connectivity index (χ2v) is 7.19. The lowest BCUT2D eigenvalue weighted by Gasteiger charge is -2.11. The van der Waals surface area contributed by atoms with E-state index in [0.29, 0.717) is 36.2 Å². The van der Waals surface area contributed by atoms with Crippen LogP contribution in [0.5, 0.6) is 11.5 Å². The molecule has 0 aliphatic heterocycles. The Kier molecular flexibility index (Phi) is 7.40. The average molecular weight is 413 g/mol. The van der Waals surface area contributed by atoms with Crippen molar-refractivity contribution in [2.45, 2.75) is 6.54 Å². The molecule has 0 saturated carbocycles. The van der Waals surface area contributed by atoms with E-state index in [2.05, 4.69) is 10.6 Å². The van der Waals surface area contributed by atoms with Crippen LogP contribution in [0.1, 0.15) is 15.2 Å².